The number of oxime groups is 1. The molecule has 5 nitrogen and oxygen atoms in total. The molecule has 0 aromatic carbocycles. The number of nitrogens with one attached hydrogen (secondary N) is 1. The summed E-state index contributed by atoms with van der Waals surface area (Å²) in [5.74, 6) is 0.313. The van der Waals surface area contributed by atoms with E-state index in [1.54, 1.807) is 0 Å². The summed E-state index contributed by atoms with van der Waals surface area (Å²) in [5.41, 5.74) is 2.02. The van der Waals surface area contributed by atoms with Gasteiger partial charge in [0.25, 0.3) is 0 Å². The first-order valence-corrected chi connectivity index (χ1v) is 8.39. The zero-order valence-electron chi connectivity index (χ0n) is 13.4. The van der Waals surface area contributed by atoms with Gasteiger partial charge >= 0.3 is 0 Å². The van der Waals surface area contributed by atoms with Crippen molar-refractivity contribution in [3.8, 4) is 0 Å². The summed E-state index contributed by atoms with van der Waals surface area (Å²) in [6.07, 6.45) is 9.26. The molecule has 1 aliphatic heterocycles. The quantitative estimate of drug-likeness (QED) is 0.701. The van der Waals surface area contributed by atoms with Crippen LogP contribution >= 0.6 is 0 Å². The molecule has 0 saturated carbocycles. The summed E-state index contributed by atoms with van der Waals surface area (Å²) in [6, 6.07) is 0. The van der Waals surface area contributed by atoms with Crippen molar-refractivity contribution in [1.82, 2.24) is 5.32 Å². The zero-order chi connectivity index (χ0) is 15.8. The standard InChI is InChI=1S/C17H26N2O3/c1-2-3-4-5-10-18-17(21)12-15-11-16(19-22-15)13-6-8-14(20)9-7-13/h6,15H,2-5,7-12H2,1H3,(H,18,21). The molecule has 1 unspecified atom stereocenters. The fourth-order valence-corrected chi connectivity index (χ4v) is 2.76. The van der Waals surface area contributed by atoms with Crippen molar-refractivity contribution in [2.24, 2.45) is 5.16 Å². The molecule has 1 amide bonds. The summed E-state index contributed by atoms with van der Waals surface area (Å²) in [6.45, 7) is 2.91. The van der Waals surface area contributed by atoms with Crippen molar-refractivity contribution < 1.29 is 14.4 Å². The van der Waals surface area contributed by atoms with Gasteiger partial charge in [0.05, 0.1) is 12.1 Å². The monoisotopic (exact) mass is 306 g/mol. The molecule has 2 aliphatic rings. The second kappa shape index (κ2) is 8.71. The maximum absolute atomic E-state index is 11.9. The second-order valence-corrected chi connectivity index (χ2v) is 6.06. The Morgan fingerprint density at radius 3 is 2.95 bits per heavy atom. The lowest BCUT2D eigenvalue weighted by atomic mass is 9.92. The Morgan fingerprint density at radius 1 is 1.36 bits per heavy atom. The average Bonchev–Trinajstić information content (AvgIpc) is 2.96. The fraction of sp³-hybridized carbons (Fsp3) is 0.706. The lowest BCUT2D eigenvalue weighted by Crippen LogP contribution is -2.28. The first-order valence-electron chi connectivity index (χ1n) is 8.39. The van der Waals surface area contributed by atoms with Crippen LogP contribution in [0.25, 0.3) is 0 Å². The highest BCUT2D eigenvalue weighted by Gasteiger charge is 2.26. The predicted octanol–water partition coefficient (Wildman–Crippen LogP) is 2.90. The summed E-state index contributed by atoms with van der Waals surface area (Å²) < 4.78 is 0. The number of rotatable bonds is 8. The van der Waals surface area contributed by atoms with Crippen LogP contribution in [0.2, 0.25) is 0 Å². The van der Waals surface area contributed by atoms with Gasteiger partial charge in [0.1, 0.15) is 11.9 Å². The number of Topliss-reactive ketones (excluding diaryl/α,β-unsaturated/α-hetero) is 1. The van der Waals surface area contributed by atoms with E-state index in [9.17, 15) is 9.59 Å². The average molecular weight is 306 g/mol. The number of allylic oxidation sites excluding steroid dienone is 2. The number of ketones is 1. The molecule has 1 heterocycles. The molecule has 0 aromatic rings. The van der Waals surface area contributed by atoms with Gasteiger partial charge in [-0.25, -0.2) is 0 Å². The van der Waals surface area contributed by atoms with E-state index in [1.807, 2.05) is 6.08 Å². The molecule has 0 radical (unpaired) electrons. The predicted molar refractivity (Wildman–Crippen MR) is 85.6 cm³/mol. The maximum atomic E-state index is 11.9. The third-order valence-electron chi connectivity index (χ3n) is 4.12. The van der Waals surface area contributed by atoms with Gasteiger partial charge in [-0.15, -0.1) is 0 Å². The van der Waals surface area contributed by atoms with Crippen LogP contribution in [0.1, 0.15) is 64.7 Å². The third kappa shape index (κ3) is 5.28. The van der Waals surface area contributed by atoms with E-state index < -0.39 is 0 Å². The van der Waals surface area contributed by atoms with Gasteiger partial charge in [0.15, 0.2) is 0 Å². The van der Waals surface area contributed by atoms with Crippen molar-refractivity contribution in [3.63, 3.8) is 0 Å². The number of carbonyl (C=O) groups excluding carboxylic acids is 2. The highest BCUT2D eigenvalue weighted by Crippen LogP contribution is 2.24. The Bertz CT molecular complexity index is 469. The Kier molecular flexibility index (Phi) is 6.62. The van der Waals surface area contributed by atoms with E-state index in [0.29, 0.717) is 25.7 Å². The summed E-state index contributed by atoms with van der Waals surface area (Å²) >= 11 is 0. The Morgan fingerprint density at radius 2 is 2.23 bits per heavy atom. The van der Waals surface area contributed by atoms with Crippen LogP contribution in [0.5, 0.6) is 0 Å². The molecule has 122 valence electrons. The van der Waals surface area contributed by atoms with E-state index in [-0.39, 0.29) is 17.8 Å². The fourth-order valence-electron chi connectivity index (χ4n) is 2.76. The van der Waals surface area contributed by atoms with Gasteiger partial charge < -0.3 is 10.2 Å². The number of hydrogen-bond acceptors (Lipinski definition) is 4. The molecule has 1 N–H and O–H groups in total. The largest absolute Gasteiger partial charge is 0.391 e. The molecule has 1 atom stereocenters. The van der Waals surface area contributed by atoms with E-state index in [4.69, 9.17) is 4.84 Å². The summed E-state index contributed by atoms with van der Waals surface area (Å²) in [5, 5.41) is 7.04. The van der Waals surface area contributed by atoms with Crippen LogP contribution in [-0.4, -0.2) is 30.1 Å². The van der Waals surface area contributed by atoms with Crippen LogP contribution < -0.4 is 5.32 Å². The van der Waals surface area contributed by atoms with Crippen LogP contribution in [-0.2, 0) is 14.4 Å². The van der Waals surface area contributed by atoms with Gasteiger partial charge in [-0.1, -0.05) is 37.4 Å². The Hall–Kier alpha value is -1.65. The molecule has 2 rings (SSSR count). The molecular weight excluding hydrogens is 280 g/mol. The van der Waals surface area contributed by atoms with E-state index in [1.165, 1.54) is 12.8 Å². The third-order valence-corrected chi connectivity index (χ3v) is 4.12. The molecule has 5 heteroatoms. The highest BCUT2D eigenvalue weighted by molar-refractivity contribution is 6.03. The molecule has 0 bridgehead atoms. The zero-order valence-corrected chi connectivity index (χ0v) is 13.4. The van der Waals surface area contributed by atoms with Gasteiger partial charge in [-0.05, 0) is 18.4 Å². The van der Waals surface area contributed by atoms with Crippen LogP contribution in [0, 0.1) is 0 Å². The van der Waals surface area contributed by atoms with Crippen molar-refractivity contribution in [2.45, 2.75) is 70.8 Å². The molecule has 0 saturated heterocycles. The van der Waals surface area contributed by atoms with Crippen molar-refractivity contribution >= 4 is 17.4 Å². The maximum Gasteiger partial charge on any atom is 0.223 e. The number of unbranched alkanes of at least 4 members (excludes halogenated alkanes) is 3. The molecular formula is C17H26N2O3. The van der Waals surface area contributed by atoms with Gasteiger partial charge in [-0.3, -0.25) is 9.59 Å². The van der Waals surface area contributed by atoms with Crippen LogP contribution in [0.15, 0.2) is 16.8 Å². The summed E-state index contributed by atoms with van der Waals surface area (Å²) in [4.78, 5) is 28.4. The lowest BCUT2D eigenvalue weighted by molar-refractivity contribution is -0.123. The first-order chi connectivity index (χ1) is 10.7. The topological polar surface area (TPSA) is 67.8 Å². The molecule has 0 fully saturated rings. The van der Waals surface area contributed by atoms with Crippen molar-refractivity contribution in [3.05, 3.63) is 11.6 Å². The molecule has 0 aromatic heterocycles. The van der Waals surface area contributed by atoms with Gasteiger partial charge in [0.2, 0.25) is 5.91 Å². The molecule has 0 spiro atoms. The van der Waals surface area contributed by atoms with Crippen molar-refractivity contribution in [2.75, 3.05) is 6.54 Å². The Labute approximate surface area is 132 Å². The normalized spacial score (nSPS) is 21.1. The minimum absolute atomic E-state index is 0.0331. The number of nitrogens with zero attached hydrogens (tertiary/aromatic N) is 1. The van der Waals surface area contributed by atoms with E-state index in [2.05, 4.69) is 17.4 Å². The van der Waals surface area contributed by atoms with E-state index in [0.717, 1.165) is 37.1 Å². The van der Waals surface area contributed by atoms with Gasteiger partial charge in [0, 0.05) is 25.8 Å². The minimum atomic E-state index is -0.163. The highest BCUT2D eigenvalue weighted by atomic mass is 16.6. The second-order valence-electron chi connectivity index (χ2n) is 6.06. The Balaban J connectivity index is 1.65. The van der Waals surface area contributed by atoms with Gasteiger partial charge in [-0.2, -0.15) is 0 Å². The lowest BCUT2D eigenvalue weighted by Gasteiger charge is -2.11. The van der Waals surface area contributed by atoms with E-state index >= 15 is 0 Å². The molecule has 1 aliphatic carbocycles. The van der Waals surface area contributed by atoms with Crippen LogP contribution in [0.4, 0.5) is 0 Å². The van der Waals surface area contributed by atoms with Crippen molar-refractivity contribution in [1.29, 1.82) is 0 Å². The molecule has 22 heavy (non-hydrogen) atoms. The summed E-state index contributed by atoms with van der Waals surface area (Å²) in [7, 11) is 0. The SMILES string of the molecule is CCCCCCNC(=O)CC1CC(C2=CCC(=O)CC2)=NO1. The minimum Gasteiger partial charge on any atom is -0.391 e. The smallest absolute Gasteiger partial charge is 0.223 e. The number of hydrogen-bond donors (Lipinski definition) is 1. The first kappa shape index (κ1) is 16.7. The van der Waals surface area contributed by atoms with Crippen LogP contribution in [0.3, 0.4) is 0 Å². The number of amides is 1. The number of carbonyl (C=O) groups is 2.